The molecular formula is C26H33F2N9O12P2S. The van der Waals surface area contributed by atoms with E-state index in [2.05, 4.69) is 30.2 Å². The highest BCUT2D eigenvalue weighted by molar-refractivity contribution is 8.55. The number of imidazole rings is 2. The van der Waals surface area contributed by atoms with Gasteiger partial charge >= 0.3 is 20.6 Å². The van der Waals surface area contributed by atoms with Crippen LogP contribution < -0.4 is 16.6 Å². The Kier molecular flexibility index (Phi) is 9.95. The first-order valence-corrected chi connectivity index (χ1v) is 20.2. The first kappa shape index (κ1) is 37.2. The van der Waals surface area contributed by atoms with E-state index in [-0.39, 0.29) is 22.7 Å². The highest BCUT2D eigenvalue weighted by Crippen LogP contribution is 2.64. The van der Waals surface area contributed by atoms with Crippen LogP contribution in [0.2, 0.25) is 0 Å². The largest absolute Gasteiger partial charge is 0.472 e. The van der Waals surface area contributed by atoms with Gasteiger partial charge < -0.3 is 35.1 Å². The number of carbonyl (C=O) groups excluding carboxylic acids is 1. The molecule has 26 heteroatoms. The Morgan fingerprint density at radius 3 is 2.56 bits per heavy atom. The van der Waals surface area contributed by atoms with Gasteiger partial charge in [0.1, 0.15) is 42.2 Å². The lowest BCUT2D eigenvalue weighted by molar-refractivity contribution is -0.150. The molecule has 7 rings (SSSR count). The first-order chi connectivity index (χ1) is 24.6. The van der Waals surface area contributed by atoms with Crippen LogP contribution in [0.15, 0.2) is 28.8 Å². The van der Waals surface area contributed by atoms with Gasteiger partial charge in [-0.3, -0.25) is 36.8 Å². The Labute approximate surface area is 295 Å². The molecule has 7 heterocycles. The minimum Gasteiger partial charge on any atom is -0.454 e. The molecule has 4 aliphatic heterocycles. The Hall–Kier alpha value is -3.15. The molecule has 0 radical (unpaired) electrons. The van der Waals surface area contributed by atoms with E-state index in [0.717, 1.165) is 17.2 Å². The number of aromatic nitrogens is 6. The molecule has 4 aliphatic rings. The third-order valence-electron chi connectivity index (χ3n) is 8.29. The molecule has 284 valence electrons. The molecule has 52 heavy (non-hydrogen) atoms. The molecule has 3 aromatic rings. The number of rotatable bonds is 5. The van der Waals surface area contributed by atoms with Crippen LogP contribution in [-0.4, -0.2) is 102 Å². The van der Waals surface area contributed by atoms with Crippen molar-refractivity contribution in [3.63, 3.8) is 0 Å². The molecule has 0 amide bonds. The molecule has 3 saturated heterocycles. The number of nitrogens with one attached hydrogen (secondary N) is 2. The van der Waals surface area contributed by atoms with Crippen LogP contribution in [0.25, 0.3) is 11.2 Å². The number of halogens is 2. The lowest BCUT2D eigenvalue weighted by Crippen LogP contribution is -2.34. The summed E-state index contributed by atoms with van der Waals surface area (Å²) in [5, 5.41) is 2.75. The number of nitrogens with zero attached hydrogens (tertiary/aromatic N) is 6. The summed E-state index contributed by atoms with van der Waals surface area (Å²) >= 11 is 0.363. The van der Waals surface area contributed by atoms with Gasteiger partial charge in [-0.2, -0.15) is 0 Å². The number of fused-ring (bicyclic) bond motifs is 5. The van der Waals surface area contributed by atoms with E-state index in [4.69, 9.17) is 38.0 Å². The number of esters is 1. The number of ether oxygens (including phenoxy) is 3. The van der Waals surface area contributed by atoms with E-state index < -0.39 is 106 Å². The molecule has 5 N–H and O–H groups in total. The van der Waals surface area contributed by atoms with Crippen molar-refractivity contribution in [3.05, 3.63) is 35.0 Å². The molecule has 21 nitrogen and oxygen atoms in total. The van der Waals surface area contributed by atoms with E-state index in [1.165, 1.54) is 17.2 Å². The van der Waals surface area contributed by atoms with Crippen LogP contribution in [0.3, 0.4) is 0 Å². The number of phosphoric acid groups is 1. The number of phosphoric ester groups is 1. The van der Waals surface area contributed by atoms with Gasteiger partial charge in [0, 0.05) is 11.4 Å². The summed E-state index contributed by atoms with van der Waals surface area (Å²) in [6.45, 7) is -1.65. The van der Waals surface area contributed by atoms with Gasteiger partial charge in [0.25, 0.3) is 5.56 Å². The number of alkyl halides is 2. The number of aromatic amines is 1. The fourth-order valence-corrected chi connectivity index (χ4v) is 9.40. The standard InChI is InChI=1S/C26H33F2N9O12P2S/c1-26(2,3)25(39)43-10-52-51(42)45-4-11-13(27)18(24(46-11)37-9-35-16-21(37)32-7-33-22(16)38)48-50(40,41)44-5-12-17(49-51)14(28)23(47-12)36-8-34-15-19(29)30-6-31-20(15)36/h6-9,11-14,17-19,23-24H,4-5,10,29H2,1-3H3,(H,30,31)(H,40,41)(H,32,33,38)/t11-,12-,13+,14-,17-,18-,19?,23-,24-,51?/m1/s1. The van der Waals surface area contributed by atoms with Crippen molar-refractivity contribution in [2.45, 2.75) is 76.2 Å². The monoisotopic (exact) mass is 795 g/mol. The number of carbonyl (C=O) groups is 1. The highest BCUT2D eigenvalue weighted by Gasteiger charge is 2.55. The summed E-state index contributed by atoms with van der Waals surface area (Å²) in [5.41, 5.74) is 4.47. The molecule has 3 unspecified atom stereocenters. The van der Waals surface area contributed by atoms with E-state index in [1.807, 2.05) is 0 Å². The fourth-order valence-electron chi connectivity index (χ4n) is 5.68. The molecule has 2 bridgehead atoms. The van der Waals surface area contributed by atoms with Crippen molar-refractivity contribution < 1.29 is 59.9 Å². The zero-order valence-corrected chi connectivity index (χ0v) is 30.0. The topological polar surface area (TPSA) is 268 Å². The van der Waals surface area contributed by atoms with Gasteiger partial charge in [-0.1, -0.05) is 0 Å². The Balaban J connectivity index is 1.22. The maximum atomic E-state index is 16.5. The fraction of sp³-hybridized carbons (Fsp3) is 0.615. The van der Waals surface area contributed by atoms with Crippen LogP contribution >= 0.6 is 26.0 Å². The van der Waals surface area contributed by atoms with E-state index in [9.17, 15) is 23.6 Å². The summed E-state index contributed by atoms with van der Waals surface area (Å²) in [5.74, 6) is -1.13. The zero-order chi connectivity index (χ0) is 37.2. The van der Waals surface area contributed by atoms with Crippen LogP contribution in [0.5, 0.6) is 0 Å². The van der Waals surface area contributed by atoms with Gasteiger partial charge in [-0.05, 0) is 20.8 Å². The highest BCUT2D eigenvalue weighted by atomic mass is 32.7. The minimum absolute atomic E-state index is 0.0823. The van der Waals surface area contributed by atoms with E-state index in [0.29, 0.717) is 11.4 Å². The SMILES string of the molecule is CC(C)(C)C(=O)OCSP1(=O)OC[C@H]2O[C@@H](n3cnc4c(=O)[nH]cnc43)[C@H](OP(=O)(O)OC[C@H]3O[C@@H](n4cnc5c4N=CNC5N)[C@H](F)[C@@H]3O1)[C@H]2F. The maximum Gasteiger partial charge on any atom is 0.472 e. The number of nitrogens with two attached hydrogens (primary N) is 1. The molecule has 0 aliphatic carbocycles. The van der Waals surface area contributed by atoms with Crippen LogP contribution in [0.1, 0.15) is 45.1 Å². The van der Waals surface area contributed by atoms with Gasteiger partial charge in [0.2, 0.25) is 0 Å². The minimum atomic E-state index is -5.24. The predicted molar refractivity (Wildman–Crippen MR) is 173 cm³/mol. The zero-order valence-electron chi connectivity index (χ0n) is 27.4. The van der Waals surface area contributed by atoms with Crippen molar-refractivity contribution in [3.8, 4) is 0 Å². The smallest absolute Gasteiger partial charge is 0.454 e. The predicted octanol–water partition coefficient (Wildman–Crippen LogP) is 2.01. The Morgan fingerprint density at radius 2 is 1.79 bits per heavy atom. The summed E-state index contributed by atoms with van der Waals surface area (Å²) in [6.07, 6.45) is -10.7. The average molecular weight is 796 g/mol. The quantitative estimate of drug-likeness (QED) is 0.163. The van der Waals surface area contributed by atoms with Crippen LogP contribution in [0, 0.1) is 5.41 Å². The van der Waals surface area contributed by atoms with Crippen LogP contribution in [-0.2, 0) is 46.2 Å². The summed E-state index contributed by atoms with van der Waals surface area (Å²) in [6, 6.07) is 0. The molecule has 3 fully saturated rings. The molecule has 0 saturated carbocycles. The van der Waals surface area contributed by atoms with E-state index in [1.54, 1.807) is 20.8 Å². The van der Waals surface area contributed by atoms with Gasteiger partial charge in [-0.25, -0.2) is 37.9 Å². The third-order valence-corrected chi connectivity index (χ3v) is 12.6. The number of hydrogen-bond donors (Lipinski definition) is 4. The number of aliphatic imine (C=N–C) groups is 1. The average Bonchev–Trinajstić information content (AvgIpc) is 3.84. The molecular weight excluding hydrogens is 762 g/mol. The second kappa shape index (κ2) is 13.9. The van der Waals surface area contributed by atoms with E-state index >= 15 is 8.78 Å². The second-order valence-corrected chi connectivity index (χ2v) is 18.3. The molecule has 0 spiro atoms. The normalized spacial score (nSPS) is 36.6. The van der Waals surface area contributed by atoms with Crippen molar-refractivity contribution >= 4 is 55.3 Å². The molecule has 3 aromatic heterocycles. The van der Waals surface area contributed by atoms with Gasteiger partial charge in [0.15, 0.2) is 41.8 Å². The summed E-state index contributed by atoms with van der Waals surface area (Å²) in [4.78, 5) is 54.3. The molecule has 0 aromatic carbocycles. The first-order valence-electron chi connectivity index (χ1n) is 15.6. The lowest BCUT2D eigenvalue weighted by atomic mass is 9.98. The second-order valence-electron chi connectivity index (χ2n) is 12.9. The maximum absolute atomic E-state index is 16.5. The Morgan fingerprint density at radius 1 is 1.06 bits per heavy atom. The van der Waals surface area contributed by atoms with Crippen molar-refractivity contribution in [2.75, 3.05) is 19.2 Å². The third kappa shape index (κ3) is 7.09. The van der Waals surface area contributed by atoms with Crippen LogP contribution in [0.4, 0.5) is 14.6 Å². The molecule has 11 atom stereocenters. The van der Waals surface area contributed by atoms with Crippen molar-refractivity contribution in [1.29, 1.82) is 0 Å². The Bertz CT molecular complexity index is 2030. The van der Waals surface area contributed by atoms with Gasteiger partial charge in [-0.15, -0.1) is 0 Å². The lowest BCUT2D eigenvalue weighted by Gasteiger charge is -2.27. The van der Waals surface area contributed by atoms with Crippen molar-refractivity contribution in [1.82, 2.24) is 34.4 Å². The summed E-state index contributed by atoms with van der Waals surface area (Å²) < 4.78 is 102. The number of H-pyrrole nitrogens is 1. The van der Waals surface area contributed by atoms with Gasteiger partial charge in [0.05, 0.1) is 43.9 Å². The summed E-state index contributed by atoms with van der Waals surface area (Å²) in [7, 11) is -5.24. The van der Waals surface area contributed by atoms with Crippen molar-refractivity contribution in [2.24, 2.45) is 16.1 Å². The number of hydrogen-bond acceptors (Lipinski definition) is 18.